The van der Waals surface area contributed by atoms with Gasteiger partial charge >= 0.3 is 0 Å². The van der Waals surface area contributed by atoms with Crippen LogP contribution in [0.1, 0.15) is 121 Å². The molecule has 0 saturated carbocycles. The highest BCUT2D eigenvalue weighted by molar-refractivity contribution is 7.15. The summed E-state index contributed by atoms with van der Waals surface area (Å²) in [6.07, 6.45) is 4.58. The van der Waals surface area contributed by atoms with Gasteiger partial charge in [0.25, 0.3) is 5.91 Å². The molecule has 2 N–H and O–H groups in total. The second kappa shape index (κ2) is 16.5. The summed E-state index contributed by atoms with van der Waals surface area (Å²) in [4.78, 5) is 55.7. The van der Waals surface area contributed by atoms with Gasteiger partial charge in [0.15, 0.2) is 5.82 Å². The van der Waals surface area contributed by atoms with Gasteiger partial charge in [-0.1, -0.05) is 81.4 Å². The molecule has 0 spiro atoms. The molecule has 6 aromatic rings. The Balaban J connectivity index is 0.870. The van der Waals surface area contributed by atoms with E-state index in [9.17, 15) is 14.4 Å². The first-order chi connectivity index (χ1) is 29.8. The summed E-state index contributed by atoms with van der Waals surface area (Å²) in [5.74, 6) is 0.971. The molecular formula is C49H52N8O3S2. The van der Waals surface area contributed by atoms with E-state index >= 15 is 0 Å². The molecule has 13 heteroatoms. The molecule has 318 valence electrons. The van der Waals surface area contributed by atoms with Crippen molar-refractivity contribution in [3.63, 3.8) is 0 Å². The Morgan fingerprint density at radius 2 is 1.52 bits per heavy atom. The molecule has 5 heterocycles. The third-order valence-corrected chi connectivity index (χ3v) is 14.8. The first-order valence-electron chi connectivity index (χ1n) is 21.5. The maximum absolute atomic E-state index is 14.3. The molecule has 0 radical (unpaired) electrons. The summed E-state index contributed by atoms with van der Waals surface area (Å²) in [6.45, 7) is 14.3. The monoisotopic (exact) mass is 864 g/mol. The summed E-state index contributed by atoms with van der Waals surface area (Å²) in [6, 6.07) is 22.3. The number of carbonyl (C=O) groups excluding carboxylic acids is 3. The highest BCUT2D eigenvalue weighted by Gasteiger charge is 2.42. The smallest absolute Gasteiger partial charge is 0.251 e. The van der Waals surface area contributed by atoms with E-state index in [0.29, 0.717) is 24.9 Å². The summed E-state index contributed by atoms with van der Waals surface area (Å²) < 4.78 is 2.20. The average Bonchev–Trinajstić information content (AvgIpc) is 4.11. The second-order valence-electron chi connectivity index (χ2n) is 17.9. The molecule has 3 aromatic carbocycles. The number of fused-ring (bicyclic) bond motifs is 5. The van der Waals surface area contributed by atoms with E-state index < -0.39 is 17.5 Å². The SMILES string of the molecule is Cc1ncsc1-c1ccc([C@H](C)NC(=O)[C@@H]2CCCN2C(=O)C(NC(=O)c2ccc(-c3ccc(C4=N[C@@H](C)c5nnc(C)n5-c5sc6c(c54)CCC6)cc3)cc2)C(C)(C)C)cc1. The molecule has 3 aliphatic rings. The number of carbonyl (C=O) groups is 3. The van der Waals surface area contributed by atoms with E-state index in [4.69, 9.17) is 4.99 Å². The fourth-order valence-corrected chi connectivity index (χ4v) is 11.3. The summed E-state index contributed by atoms with van der Waals surface area (Å²) >= 11 is 3.46. The quantitative estimate of drug-likeness (QED) is 0.149. The van der Waals surface area contributed by atoms with E-state index in [0.717, 1.165) is 75.0 Å². The van der Waals surface area contributed by atoms with Crippen LogP contribution in [0.2, 0.25) is 0 Å². The Hall–Kier alpha value is -5.79. The first-order valence-corrected chi connectivity index (χ1v) is 23.2. The van der Waals surface area contributed by atoms with Crippen LogP contribution in [0.3, 0.4) is 0 Å². The normalized spacial score (nSPS) is 18.0. The van der Waals surface area contributed by atoms with Crippen molar-refractivity contribution in [1.29, 1.82) is 0 Å². The predicted molar refractivity (Wildman–Crippen MR) is 246 cm³/mol. The van der Waals surface area contributed by atoms with Gasteiger partial charge in [-0.05, 0) is 105 Å². The number of thiazole rings is 1. The van der Waals surface area contributed by atoms with Gasteiger partial charge in [-0.2, -0.15) is 0 Å². The minimum atomic E-state index is -0.838. The number of nitrogens with zero attached hydrogens (tertiary/aromatic N) is 6. The van der Waals surface area contributed by atoms with Gasteiger partial charge in [-0.15, -0.1) is 32.9 Å². The molecule has 62 heavy (non-hydrogen) atoms. The topological polar surface area (TPSA) is 134 Å². The van der Waals surface area contributed by atoms with Crippen molar-refractivity contribution in [3.05, 3.63) is 128 Å². The molecule has 11 nitrogen and oxygen atoms in total. The van der Waals surface area contributed by atoms with Crippen molar-refractivity contribution in [3.8, 4) is 26.6 Å². The molecular weight excluding hydrogens is 813 g/mol. The largest absolute Gasteiger partial charge is 0.348 e. The Morgan fingerprint density at radius 3 is 2.19 bits per heavy atom. The molecule has 3 amide bonds. The van der Waals surface area contributed by atoms with Gasteiger partial charge in [-0.25, -0.2) is 4.98 Å². The Labute approximate surface area is 370 Å². The van der Waals surface area contributed by atoms with E-state index in [-0.39, 0.29) is 29.8 Å². The lowest BCUT2D eigenvalue weighted by molar-refractivity contribution is -0.142. The number of thiophene rings is 1. The molecule has 1 saturated heterocycles. The molecule has 9 rings (SSSR count). The number of hydrogen-bond acceptors (Lipinski definition) is 9. The molecule has 3 aromatic heterocycles. The van der Waals surface area contributed by atoms with Crippen molar-refractivity contribution in [2.45, 2.75) is 105 Å². The molecule has 1 aliphatic carbocycles. The number of aryl methyl sites for hydroxylation is 3. The lowest BCUT2D eigenvalue weighted by Gasteiger charge is -2.35. The fraction of sp³-hybridized carbons (Fsp3) is 0.367. The van der Waals surface area contributed by atoms with Gasteiger partial charge in [-0.3, -0.25) is 23.9 Å². The maximum Gasteiger partial charge on any atom is 0.251 e. The van der Waals surface area contributed by atoms with Gasteiger partial charge < -0.3 is 15.5 Å². The standard InChI is InChI=1S/C49H52N8O3S2/c1-27(31-13-21-35(22-14-31)42-28(2)50-26-61-42)52-46(59)38-11-9-25-56(38)47(60)43(49(5,6)7)53-45(58)36-23-17-33(18-24-36)32-15-19-34(20-16-32)41-40-37-10-8-12-39(37)62-48(40)57-30(4)54-55-44(57)29(3)51-41/h13-24,26-27,29,38,43H,8-12,25H2,1-7H3,(H,52,59)(H,53,58)/t27-,29-,38-,43?/m0/s1. The third-order valence-electron chi connectivity index (χ3n) is 12.5. The fourth-order valence-electron chi connectivity index (χ4n) is 9.09. The number of benzene rings is 3. The number of likely N-dealkylation sites (tertiary alicyclic amines) is 1. The van der Waals surface area contributed by atoms with Gasteiger partial charge in [0.05, 0.1) is 27.8 Å². The molecule has 4 atom stereocenters. The Bertz CT molecular complexity index is 2700. The van der Waals surface area contributed by atoms with Crippen LogP contribution < -0.4 is 10.6 Å². The number of aromatic nitrogens is 4. The molecule has 2 aliphatic heterocycles. The van der Waals surface area contributed by atoms with Crippen molar-refractivity contribution in [2.24, 2.45) is 10.4 Å². The van der Waals surface area contributed by atoms with Crippen LogP contribution in [0.4, 0.5) is 0 Å². The van der Waals surface area contributed by atoms with E-state index in [1.165, 1.54) is 21.0 Å². The zero-order valence-electron chi connectivity index (χ0n) is 36.3. The van der Waals surface area contributed by atoms with Gasteiger partial charge in [0.1, 0.15) is 29.0 Å². The van der Waals surface area contributed by atoms with E-state index in [2.05, 4.69) is 73.7 Å². The Kier molecular flexibility index (Phi) is 11.0. The van der Waals surface area contributed by atoms with Crippen molar-refractivity contribution < 1.29 is 14.4 Å². The van der Waals surface area contributed by atoms with Crippen LogP contribution >= 0.6 is 22.7 Å². The van der Waals surface area contributed by atoms with Crippen LogP contribution in [0, 0.1) is 19.3 Å². The summed E-state index contributed by atoms with van der Waals surface area (Å²) in [7, 11) is 0. The molecule has 1 fully saturated rings. The minimum Gasteiger partial charge on any atom is -0.348 e. The molecule has 0 bridgehead atoms. The zero-order chi connectivity index (χ0) is 43.4. The lowest BCUT2D eigenvalue weighted by atomic mass is 9.85. The average molecular weight is 865 g/mol. The van der Waals surface area contributed by atoms with Crippen LogP contribution in [-0.2, 0) is 22.4 Å². The number of nitrogens with one attached hydrogen (secondary N) is 2. The van der Waals surface area contributed by atoms with Crippen LogP contribution in [0.25, 0.3) is 26.6 Å². The van der Waals surface area contributed by atoms with Crippen molar-refractivity contribution >= 4 is 46.1 Å². The van der Waals surface area contributed by atoms with Crippen molar-refractivity contribution in [1.82, 2.24) is 35.3 Å². The number of amides is 3. The number of hydrogen-bond donors (Lipinski definition) is 2. The maximum atomic E-state index is 14.3. The highest BCUT2D eigenvalue weighted by Crippen LogP contribution is 2.43. The highest BCUT2D eigenvalue weighted by atomic mass is 32.1. The Morgan fingerprint density at radius 1 is 0.839 bits per heavy atom. The van der Waals surface area contributed by atoms with Gasteiger partial charge in [0.2, 0.25) is 11.8 Å². The first kappa shape index (κ1) is 41.6. The van der Waals surface area contributed by atoms with Crippen LogP contribution in [-0.4, -0.2) is 66.7 Å². The summed E-state index contributed by atoms with van der Waals surface area (Å²) in [5.41, 5.74) is 11.4. The second-order valence-corrected chi connectivity index (χ2v) is 19.8. The lowest BCUT2D eigenvalue weighted by Crippen LogP contribution is -2.57. The zero-order valence-corrected chi connectivity index (χ0v) is 37.9. The predicted octanol–water partition coefficient (Wildman–Crippen LogP) is 9.15. The summed E-state index contributed by atoms with van der Waals surface area (Å²) in [5, 5.41) is 16.3. The minimum absolute atomic E-state index is 0.145. The number of rotatable bonds is 9. The number of aliphatic imine (C=N–C) groups is 1. The van der Waals surface area contributed by atoms with Crippen molar-refractivity contribution in [2.75, 3.05) is 6.54 Å². The van der Waals surface area contributed by atoms with E-state index in [1.54, 1.807) is 28.4 Å². The van der Waals surface area contributed by atoms with Gasteiger partial charge in [0, 0.05) is 28.1 Å². The van der Waals surface area contributed by atoms with Crippen LogP contribution in [0.5, 0.6) is 0 Å². The van der Waals surface area contributed by atoms with Crippen LogP contribution in [0.15, 0.2) is 83.3 Å². The third kappa shape index (κ3) is 7.70. The molecule has 1 unspecified atom stereocenters. The van der Waals surface area contributed by atoms with E-state index in [1.807, 2.05) is 82.7 Å².